The van der Waals surface area contributed by atoms with Crippen molar-refractivity contribution in [2.45, 2.75) is 13.0 Å². The maximum absolute atomic E-state index is 12.4. The Morgan fingerprint density at radius 3 is 2.48 bits per heavy atom. The number of carbonyl (C=O) groups is 1. The molecule has 120 valence electrons. The summed E-state index contributed by atoms with van der Waals surface area (Å²) in [6, 6.07) is 13.0. The van der Waals surface area contributed by atoms with Gasteiger partial charge in [0.25, 0.3) is 5.91 Å². The van der Waals surface area contributed by atoms with Crippen LogP contribution in [0.3, 0.4) is 0 Å². The number of methoxy groups -OCH3 is 2. The van der Waals surface area contributed by atoms with Gasteiger partial charge in [-0.05, 0) is 36.2 Å². The lowest BCUT2D eigenvalue weighted by molar-refractivity contribution is 0.0950. The summed E-state index contributed by atoms with van der Waals surface area (Å²) >= 11 is 0. The van der Waals surface area contributed by atoms with Gasteiger partial charge in [0, 0.05) is 17.7 Å². The Hall–Kier alpha value is -2.75. The van der Waals surface area contributed by atoms with E-state index in [4.69, 9.17) is 9.47 Å². The fourth-order valence-corrected chi connectivity index (χ4v) is 2.36. The minimum atomic E-state index is -0.135. The lowest BCUT2D eigenvalue weighted by atomic mass is 10.1. The summed E-state index contributed by atoms with van der Waals surface area (Å²) in [4.78, 5) is 12.4. The molecule has 1 amide bonds. The molecule has 0 aliphatic rings. The third-order valence-corrected chi connectivity index (χ3v) is 3.54. The number of carbonyl (C=O) groups excluding carboxylic acids is 1. The number of hydrogen-bond donors (Lipinski definition) is 1. The van der Waals surface area contributed by atoms with Gasteiger partial charge in [-0.1, -0.05) is 24.3 Å². The number of para-hydroxylation sites is 1. The third kappa shape index (κ3) is 4.13. The minimum Gasteiger partial charge on any atom is -0.496 e. The molecule has 1 N–H and O–H groups in total. The number of benzene rings is 2. The zero-order chi connectivity index (χ0) is 16.7. The van der Waals surface area contributed by atoms with Crippen molar-refractivity contribution in [3.05, 3.63) is 71.8 Å². The number of hydrogen-bond acceptors (Lipinski definition) is 3. The van der Waals surface area contributed by atoms with Crippen LogP contribution >= 0.6 is 0 Å². The van der Waals surface area contributed by atoms with Gasteiger partial charge in [-0.15, -0.1) is 6.58 Å². The highest BCUT2D eigenvalue weighted by Gasteiger charge is 2.10. The van der Waals surface area contributed by atoms with Crippen LogP contribution in [-0.2, 0) is 13.0 Å². The van der Waals surface area contributed by atoms with E-state index >= 15 is 0 Å². The zero-order valence-corrected chi connectivity index (χ0v) is 13.5. The summed E-state index contributed by atoms with van der Waals surface area (Å²) < 4.78 is 10.6. The number of ether oxygens (including phenoxy) is 2. The van der Waals surface area contributed by atoms with Crippen LogP contribution in [0.5, 0.6) is 11.5 Å². The maximum Gasteiger partial charge on any atom is 0.251 e. The molecular weight excluding hydrogens is 290 g/mol. The predicted molar refractivity (Wildman–Crippen MR) is 91.1 cm³/mol. The first kappa shape index (κ1) is 16.6. The van der Waals surface area contributed by atoms with Crippen LogP contribution < -0.4 is 14.8 Å². The van der Waals surface area contributed by atoms with Crippen molar-refractivity contribution in [2.24, 2.45) is 0 Å². The topological polar surface area (TPSA) is 47.6 Å². The largest absolute Gasteiger partial charge is 0.496 e. The molecule has 0 bridgehead atoms. The molecule has 0 heterocycles. The van der Waals surface area contributed by atoms with Gasteiger partial charge in [0.15, 0.2) is 0 Å². The summed E-state index contributed by atoms with van der Waals surface area (Å²) in [5, 5.41) is 2.91. The van der Waals surface area contributed by atoms with Crippen LogP contribution in [0.4, 0.5) is 0 Å². The Morgan fingerprint density at radius 1 is 1.09 bits per heavy atom. The maximum atomic E-state index is 12.4. The molecule has 0 spiro atoms. The van der Waals surface area contributed by atoms with Crippen molar-refractivity contribution >= 4 is 5.91 Å². The molecule has 4 heteroatoms. The van der Waals surface area contributed by atoms with Gasteiger partial charge in [-0.3, -0.25) is 4.79 Å². The van der Waals surface area contributed by atoms with Gasteiger partial charge in [0.05, 0.1) is 14.2 Å². The van der Waals surface area contributed by atoms with Crippen LogP contribution in [0.15, 0.2) is 55.1 Å². The van der Waals surface area contributed by atoms with E-state index < -0.39 is 0 Å². The molecular formula is C19H21NO3. The Bertz CT molecular complexity index is 695. The molecule has 0 fully saturated rings. The summed E-state index contributed by atoms with van der Waals surface area (Å²) in [7, 11) is 3.23. The monoisotopic (exact) mass is 311 g/mol. The molecule has 4 nitrogen and oxygen atoms in total. The predicted octanol–water partition coefficient (Wildman–Crippen LogP) is 3.36. The average molecular weight is 311 g/mol. The van der Waals surface area contributed by atoms with Crippen LogP contribution in [0.2, 0.25) is 0 Å². The molecule has 2 aromatic rings. The zero-order valence-electron chi connectivity index (χ0n) is 13.5. The smallest absolute Gasteiger partial charge is 0.251 e. The van der Waals surface area contributed by atoms with Gasteiger partial charge in [0.1, 0.15) is 11.5 Å². The van der Waals surface area contributed by atoms with E-state index in [-0.39, 0.29) is 5.91 Å². The quantitative estimate of drug-likeness (QED) is 0.798. The van der Waals surface area contributed by atoms with Crippen molar-refractivity contribution in [3.8, 4) is 11.5 Å². The summed E-state index contributed by atoms with van der Waals surface area (Å²) in [5.41, 5.74) is 2.47. The van der Waals surface area contributed by atoms with Gasteiger partial charge < -0.3 is 14.8 Å². The molecule has 0 unspecified atom stereocenters. The number of allylic oxidation sites excluding steroid dienone is 1. The summed E-state index contributed by atoms with van der Waals surface area (Å²) in [6.45, 7) is 4.14. The van der Waals surface area contributed by atoms with Gasteiger partial charge in [0.2, 0.25) is 0 Å². The van der Waals surface area contributed by atoms with Crippen LogP contribution in [0, 0.1) is 0 Å². The van der Waals surface area contributed by atoms with Gasteiger partial charge in [-0.2, -0.15) is 0 Å². The van der Waals surface area contributed by atoms with Crippen molar-refractivity contribution in [1.82, 2.24) is 5.32 Å². The molecule has 0 aliphatic heterocycles. The fourth-order valence-electron chi connectivity index (χ4n) is 2.36. The van der Waals surface area contributed by atoms with Crippen molar-refractivity contribution in [1.29, 1.82) is 0 Å². The SMILES string of the molecule is C=CCc1cc(C(=O)NCc2ccccc2OC)ccc1OC. The summed E-state index contributed by atoms with van der Waals surface area (Å²) in [5.74, 6) is 1.38. The fraction of sp³-hybridized carbons (Fsp3) is 0.211. The molecule has 2 rings (SSSR count). The molecule has 0 aromatic heterocycles. The first-order chi connectivity index (χ1) is 11.2. The van der Waals surface area contributed by atoms with E-state index in [2.05, 4.69) is 11.9 Å². The Kier molecular flexibility index (Phi) is 5.80. The second-order valence-electron chi connectivity index (χ2n) is 5.01. The molecule has 23 heavy (non-hydrogen) atoms. The minimum absolute atomic E-state index is 0.135. The second-order valence-corrected chi connectivity index (χ2v) is 5.01. The molecule has 0 saturated carbocycles. The molecule has 2 aromatic carbocycles. The Morgan fingerprint density at radius 2 is 1.78 bits per heavy atom. The normalized spacial score (nSPS) is 10.0. The van der Waals surface area contributed by atoms with Crippen molar-refractivity contribution in [3.63, 3.8) is 0 Å². The van der Waals surface area contributed by atoms with E-state index in [9.17, 15) is 4.79 Å². The van der Waals surface area contributed by atoms with E-state index in [1.165, 1.54) is 0 Å². The van der Waals surface area contributed by atoms with Crippen LogP contribution in [0.1, 0.15) is 21.5 Å². The highest BCUT2D eigenvalue weighted by atomic mass is 16.5. The summed E-state index contributed by atoms with van der Waals surface area (Å²) in [6.07, 6.45) is 2.44. The van der Waals surface area contributed by atoms with Crippen molar-refractivity contribution in [2.75, 3.05) is 14.2 Å². The lowest BCUT2D eigenvalue weighted by Gasteiger charge is -2.11. The van der Waals surface area contributed by atoms with E-state index in [1.807, 2.05) is 30.3 Å². The van der Waals surface area contributed by atoms with Gasteiger partial charge in [-0.25, -0.2) is 0 Å². The number of amides is 1. The third-order valence-electron chi connectivity index (χ3n) is 3.54. The average Bonchev–Trinajstić information content (AvgIpc) is 2.60. The number of rotatable bonds is 7. The van der Waals surface area contributed by atoms with E-state index in [0.29, 0.717) is 18.5 Å². The van der Waals surface area contributed by atoms with E-state index in [0.717, 1.165) is 22.6 Å². The van der Waals surface area contributed by atoms with Crippen LogP contribution in [-0.4, -0.2) is 20.1 Å². The molecule has 0 saturated heterocycles. The Labute approximate surface area is 136 Å². The highest BCUT2D eigenvalue weighted by Crippen LogP contribution is 2.21. The standard InChI is InChI=1S/C19H21NO3/c1-4-7-14-12-15(10-11-18(14)23-3)19(21)20-13-16-8-5-6-9-17(16)22-2/h4-6,8-12H,1,7,13H2,2-3H3,(H,20,21). The number of nitrogens with one attached hydrogen (secondary N) is 1. The van der Waals surface area contributed by atoms with Crippen LogP contribution in [0.25, 0.3) is 0 Å². The molecule has 0 radical (unpaired) electrons. The van der Waals surface area contributed by atoms with E-state index in [1.54, 1.807) is 32.4 Å². The molecule has 0 aliphatic carbocycles. The lowest BCUT2D eigenvalue weighted by Crippen LogP contribution is -2.23. The highest BCUT2D eigenvalue weighted by molar-refractivity contribution is 5.94. The second kappa shape index (κ2) is 8.03. The first-order valence-corrected chi connectivity index (χ1v) is 7.37. The molecule has 0 atom stereocenters. The van der Waals surface area contributed by atoms with Crippen molar-refractivity contribution < 1.29 is 14.3 Å². The van der Waals surface area contributed by atoms with Gasteiger partial charge >= 0.3 is 0 Å². The Balaban J connectivity index is 2.11. The first-order valence-electron chi connectivity index (χ1n) is 7.37.